The zero-order chi connectivity index (χ0) is 20.3. The van der Waals surface area contributed by atoms with E-state index < -0.39 is 33.3 Å². The molecule has 3 aromatic carbocycles. The Morgan fingerprint density at radius 3 is 2.18 bits per heavy atom. The van der Waals surface area contributed by atoms with Gasteiger partial charge in [-0.2, -0.15) is 0 Å². The van der Waals surface area contributed by atoms with Crippen molar-refractivity contribution < 1.29 is 22.0 Å². The van der Waals surface area contributed by atoms with E-state index >= 15 is 0 Å². The molecule has 3 rings (SSSR count). The van der Waals surface area contributed by atoms with Gasteiger partial charge in [-0.05, 0) is 42.5 Å². The monoisotopic (exact) mass is 422 g/mol. The van der Waals surface area contributed by atoms with Crippen LogP contribution in [0, 0.1) is 11.6 Å². The molecule has 0 atom stereocenters. The van der Waals surface area contributed by atoms with Gasteiger partial charge >= 0.3 is 0 Å². The quantitative estimate of drug-likeness (QED) is 0.627. The number of benzene rings is 3. The van der Waals surface area contributed by atoms with Crippen molar-refractivity contribution >= 4 is 38.9 Å². The summed E-state index contributed by atoms with van der Waals surface area (Å²) in [4.78, 5) is 12.0. The van der Waals surface area contributed by atoms with Gasteiger partial charge in [-0.15, -0.1) is 0 Å². The number of anilines is 2. The number of hydrogen-bond acceptors (Lipinski definition) is 3. The van der Waals surface area contributed by atoms with Crippen LogP contribution in [0.15, 0.2) is 71.6 Å². The van der Waals surface area contributed by atoms with E-state index in [4.69, 9.17) is 11.6 Å². The lowest BCUT2D eigenvalue weighted by Gasteiger charge is -2.12. The van der Waals surface area contributed by atoms with Crippen molar-refractivity contribution in [2.45, 2.75) is 4.90 Å². The Morgan fingerprint density at radius 1 is 0.893 bits per heavy atom. The maximum atomic E-state index is 13.7. The topological polar surface area (TPSA) is 75.3 Å². The number of halogens is 3. The number of hydrogen-bond donors (Lipinski definition) is 2. The van der Waals surface area contributed by atoms with E-state index in [0.717, 1.165) is 24.3 Å². The summed E-state index contributed by atoms with van der Waals surface area (Å²) in [7, 11) is -4.10. The largest absolute Gasteiger partial charge is 0.317 e. The molecular formula is C19H13ClF2N2O3S. The summed E-state index contributed by atoms with van der Waals surface area (Å²) < 4.78 is 55.0. The van der Waals surface area contributed by atoms with E-state index in [1.807, 2.05) is 0 Å². The molecule has 144 valence electrons. The van der Waals surface area contributed by atoms with Gasteiger partial charge in [0.25, 0.3) is 15.9 Å². The summed E-state index contributed by atoms with van der Waals surface area (Å²) in [6, 6.07) is 14.7. The van der Waals surface area contributed by atoms with E-state index in [-0.39, 0.29) is 15.5 Å². The average Bonchev–Trinajstić information content (AvgIpc) is 2.65. The van der Waals surface area contributed by atoms with Crippen LogP contribution >= 0.6 is 11.6 Å². The van der Waals surface area contributed by atoms with Crippen LogP contribution in [-0.4, -0.2) is 14.3 Å². The number of rotatable bonds is 5. The number of amides is 1. The Balaban J connectivity index is 1.92. The zero-order valence-electron chi connectivity index (χ0n) is 14.1. The maximum absolute atomic E-state index is 13.7. The second-order valence-electron chi connectivity index (χ2n) is 5.67. The number of carbonyl (C=O) groups excluding carboxylic acids is 1. The molecule has 0 saturated carbocycles. The predicted octanol–water partition coefficient (Wildman–Crippen LogP) is 4.67. The Labute approximate surface area is 165 Å². The highest BCUT2D eigenvalue weighted by Crippen LogP contribution is 2.26. The third kappa shape index (κ3) is 4.29. The lowest BCUT2D eigenvalue weighted by molar-refractivity contribution is 0.102. The van der Waals surface area contributed by atoms with Gasteiger partial charge in [-0.1, -0.05) is 35.9 Å². The first-order chi connectivity index (χ1) is 13.3. The molecule has 0 aliphatic rings. The van der Waals surface area contributed by atoms with Gasteiger partial charge in [0.15, 0.2) is 0 Å². The Bertz CT molecular complexity index is 1120. The average molecular weight is 423 g/mol. The standard InChI is InChI=1S/C19H13ClF2N2O3S/c20-14-10-9-12(19(25)23-18-15(21)7-4-8-16(18)22)11-17(14)28(26,27)24-13-5-2-1-3-6-13/h1-11,24H,(H,23,25). The predicted molar refractivity (Wildman–Crippen MR) is 103 cm³/mol. The molecule has 0 fully saturated rings. The first kappa shape index (κ1) is 19.8. The molecule has 9 heteroatoms. The maximum Gasteiger partial charge on any atom is 0.263 e. The first-order valence-electron chi connectivity index (χ1n) is 7.91. The van der Waals surface area contributed by atoms with Crippen LogP contribution in [0.3, 0.4) is 0 Å². The van der Waals surface area contributed by atoms with Crippen molar-refractivity contribution in [1.82, 2.24) is 0 Å². The molecule has 3 aromatic rings. The molecule has 2 N–H and O–H groups in total. The Kier molecular flexibility index (Phi) is 5.62. The Hall–Kier alpha value is -2.97. The molecule has 0 spiro atoms. The number of para-hydroxylation sites is 2. The summed E-state index contributed by atoms with van der Waals surface area (Å²) in [5, 5.41) is 1.98. The molecule has 0 saturated heterocycles. The van der Waals surface area contributed by atoms with Crippen molar-refractivity contribution in [3.05, 3.63) is 89.0 Å². The lowest BCUT2D eigenvalue weighted by atomic mass is 10.2. The summed E-state index contributed by atoms with van der Waals surface area (Å²) in [6.45, 7) is 0. The summed E-state index contributed by atoms with van der Waals surface area (Å²) in [5.41, 5.74) is -0.461. The van der Waals surface area contributed by atoms with Gasteiger partial charge < -0.3 is 5.32 Å². The number of sulfonamides is 1. The lowest BCUT2D eigenvalue weighted by Crippen LogP contribution is -2.17. The second kappa shape index (κ2) is 7.95. The van der Waals surface area contributed by atoms with Crippen LogP contribution in [0.25, 0.3) is 0 Å². The fourth-order valence-electron chi connectivity index (χ4n) is 2.37. The van der Waals surface area contributed by atoms with E-state index in [1.165, 1.54) is 12.1 Å². The molecule has 0 aromatic heterocycles. The highest BCUT2D eigenvalue weighted by Gasteiger charge is 2.21. The van der Waals surface area contributed by atoms with Gasteiger partial charge in [-0.25, -0.2) is 17.2 Å². The molecular weight excluding hydrogens is 410 g/mol. The van der Waals surface area contributed by atoms with Crippen molar-refractivity contribution in [1.29, 1.82) is 0 Å². The minimum atomic E-state index is -4.10. The fourth-order valence-corrected chi connectivity index (χ4v) is 3.96. The van der Waals surface area contributed by atoms with Crippen LogP contribution in [-0.2, 0) is 10.0 Å². The Morgan fingerprint density at radius 2 is 1.54 bits per heavy atom. The molecule has 0 heterocycles. The second-order valence-corrected chi connectivity index (χ2v) is 7.73. The third-order valence-electron chi connectivity index (χ3n) is 3.71. The summed E-state index contributed by atoms with van der Waals surface area (Å²) >= 11 is 5.99. The van der Waals surface area contributed by atoms with E-state index in [0.29, 0.717) is 5.69 Å². The van der Waals surface area contributed by atoms with Gasteiger partial charge in [0.1, 0.15) is 22.2 Å². The summed E-state index contributed by atoms with van der Waals surface area (Å²) in [5.74, 6) is -2.81. The van der Waals surface area contributed by atoms with Gasteiger partial charge in [-0.3, -0.25) is 9.52 Å². The first-order valence-corrected chi connectivity index (χ1v) is 9.77. The van der Waals surface area contributed by atoms with Crippen LogP contribution in [0.1, 0.15) is 10.4 Å². The normalized spacial score (nSPS) is 11.1. The number of carbonyl (C=O) groups is 1. The van der Waals surface area contributed by atoms with Crippen molar-refractivity contribution in [3.8, 4) is 0 Å². The fraction of sp³-hybridized carbons (Fsp3) is 0. The molecule has 1 amide bonds. The van der Waals surface area contributed by atoms with Gasteiger partial charge in [0, 0.05) is 11.3 Å². The molecule has 28 heavy (non-hydrogen) atoms. The van der Waals surface area contributed by atoms with Crippen LogP contribution < -0.4 is 10.0 Å². The molecule has 0 aliphatic heterocycles. The van der Waals surface area contributed by atoms with E-state index in [1.54, 1.807) is 30.3 Å². The van der Waals surface area contributed by atoms with Crippen LogP contribution in [0.5, 0.6) is 0 Å². The molecule has 0 bridgehead atoms. The van der Waals surface area contributed by atoms with E-state index in [9.17, 15) is 22.0 Å². The van der Waals surface area contributed by atoms with Crippen molar-refractivity contribution in [2.24, 2.45) is 0 Å². The molecule has 0 unspecified atom stereocenters. The van der Waals surface area contributed by atoms with Crippen molar-refractivity contribution in [3.63, 3.8) is 0 Å². The van der Waals surface area contributed by atoms with Crippen molar-refractivity contribution in [2.75, 3.05) is 10.0 Å². The smallest absolute Gasteiger partial charge is 0.263 e. The zero-order valence-corrected chi connectivity index (χ0v) is 15.7. The highest BCUT2D eigenvalue weighted by molar-refractivity contribution is 7.92. The number of nitrogens with one attached hydrogen (secondary N) is 2. The van der Waals surface area contributed by atoms with Crippen LogP contribution in [0.4, 0.5) is 20.2 Å². The SMILES string of the molecule is O=C(Nc1c(F)cccc1F)c1ccc(Cl)c(S(=O)(=O)Nc2ccccc2)c1. The minimum absolute atomic E-state index is 0.114. The summed E-state index contributed by atoms with van der Waals surface area (Å²) in [6.07, 6.45) is 0. The van der Waals surface area contributed by atoms with Crippen LogP contribution in [0.2, 0.25) is 5.02 Å². The molecule has 0 aliphatic carbocycles. The van der Waals surface area contributed by atoms with E-state index in [2.05, 4.69) is 10.0 Å². The minimum Gasteiger partial charge on any atom is -0.317 e. The third-order valence-corrected chi connectivity index (χ3v) is 5.57. The highest BCUT2D eigenvalue weighted by atomic mass is 35.5. The molecule has 0 radical (unpaired) electrons. The molecule has 5 nitrogen and oxygen atoms in total. The van der Waals surface area contributed by atoms with Gasteiger partial charge in [0.05, 0.1) is 5.02 Å². The van der Waals surface area contributed by atoms with Gasteiger partial charge in [0.2, 0.25) is 0 Å².